The molecule has 0 amide bonds. The van der Waals surface area contributed by atoms with Gasteiger partial charge in [0, 0.05) is 6.20 Å². The average molecular weight is 225 g/mol. The number of para-hydroxylation sites is 1. The van der Waals surface area contributed by atoms with Crippen molar-refractivity contribution in [2.45, 2.75) is 0 Å². The van der Waals surface area contributed by atoms with Gasteiger partial charge in [0.25, 0.3) is 0 Å². The van der Waals surface area contributed by atoms with Crippen LogP contribution in [-0.2, 0) is 0 Å². The predicted molar refractivity (Wildman–Crippen MR) is 65.9 cm³/mol. The van der Waals surface area contributed by atoms with E-state index in [9.17, 15) is 0 Å². The minimum absolute atomic E-state index is 0.797. The van der Waals surface area contributed by atoms with E-state index in [1.165, 1.54) is 0 Å². The van der Waals surface area contributed by atoms with E-state index >= 15 is 0 Å². The van der Waals surface area contributed by atoms with Crippen LogP contribution in [0, 0.1) is 0 Å². The lowest BCUT2D eigenvalue weighted by Gasteiger charge is -2.04. The Hall–Kier alpha value is -2.36. The first kappa shape index (κ1) is 9.84. The van der Waals surface area contributed by atoms with Crippen LogP contribution in [0.4, 0.5) is 0 Å². The summed E-state index contributed by atoms with van der Waals surface area (Å²) in [5.74, 6) is 1.60. The highest BCUT2D eigenvalue weighted by Gasteiger charge is 2.09. The Morgan fingerprint density at radius 3 is 2.88 bits per heavy atom. The van der Waals surface area contributed by atoms with E-state index < -0.39 is 0 Å². The molecule has 4 heteroatoms. The Morgan fingerprint density at radius 1 is 1.18 bits per heavy atom. The molecule has 1 aromatic carbocycles. The molecule has 0 atom stereocenters. The smallest absolute Gasteiger partial charge is 0.142 e. The molecule has 17 heavy (non-hydrogen) atoms. The maximum absolute atomic E-state index is 5.32. The van der Waals surface area contributed by atoms with Crippen molar-refractivity contribution in [1.29, 1.82) is 0 Å². The minimum Gasteiger partial charge on any atom is -0.496 e. The van der Waals surface area contributed by atoms with E-state index in [4.69, 9.17) is 4.74 Å². The van der Waals surface area contributed by atoms with Gasteiger partial charge in [0.15, 0.2) is 0 Å². The second-order valence-corrected chi connectivity index (χ2v) is 3.68. The molecule has 1 N–H and O–H groups in total. The van der Waals surface area contributed by atoms with Crippen molar-refractivity contribution in [3.8, 4) is 17.1 Å². The highest BCUT2D eigenvalue weighted by molar-refractivity contribution is 5.79. The van der Waals surface area contributed by atoms with Gasteiger partial charge >= 0.3 is 0 Å². The van der Waals surface area contributed by atoms with Gasteiger partial charge in [-0.25, -0.2) is 4.98 Å². The molecule has 0 saturated heterocycles. The van der Waals surface area contributed by atoms with E-state index in [0.29, 0.717) is 0 Å². The molecule has 4 nitrogen and oxygen atoms in total. The third-order valence-corrected chi connectivity index (χ3v) is 2.65. The summed E-state index contributed by atoms with van der Waals surface area (Å²) in [6, 6.07) is 9.67. The monoisotopic (exact) mass is 225 g/mol. The fraction of sp³-hybridized carbons (Fsp3) is 0.0769. The Bertz CT molecular complexity index is 627. The Labute approximate surface area is 98.3 Å². The lowest BCUT2D eigenvalue weighted by Crippen LogP contribution is -1.88. The Balaban J connectivity index is 2.20. The summed E-state index contributed by atoms with van der Waals surface area (Å²) in [5.41, 5.74) is 2.78. The molecular formula is C13H11N3O. The number of methoxy groups -OCH3 is 1. The number of aromatic nitrogens is 3. The molecular weight excluding hydrogens is 214 g/mol. The first-order chi connectivity index (χ1) is 8.38. The maximum atomic E-state index is 5.32. The molecule has 0 aliphatic rings. The quantitative estimate of drug-likeness (QED) is 0.729. The van der Waals surface area contributed by atoms with Gasteiger partial charge in [0.2, 0.25) is 0 Å². The second-order valence-electron chi connectivity index (χ2n) is 3.68. The lowest BCUT2D eigenvalue weighted by molar-refractivity contribution is 0.416. The fourth-order valence-electron chi connectivity index (χ4n) is 1.82. The van der Waals surface area contributed by atoms with Gasteiger partial charge in [-0.3, -0.25) is 4.98 Å². The molecule has 0 saturated carbocycles. The Morgan fingerprint density at radius 2 is 2.06 bits per heavy atom. The number of imidazole rings is 1. The lowest BCUT2D eigenvalue weighted by atomic mass is 10.2. The van der Waals surface area contributed by atoms with Crippen molar-refractivity contribution < 1.29 is 4.74 Å². The predicted octanol–water partition coefficient (Wildman–Crippen LogP) is 2.63. The number of ether oxygens (including phenoxy) is 1. The number of hydrogen-bond donors (Lipinski definition) is 1. The number of rotatable bonds is 2. The highest BCUT2D eigenvalue weighted by Crippen LogP contribution is 2.28. The minimum atomic E-state index is 0.797. The van der Waals surface area contributed by atoms with Crippen molar-refractivity contribution in [2.75, 3.05) is 7.11 Å². The van der Waals surface area contributed by atoms with Crippen LogP contribution in [0.15, 0.2) is 42.7 Å². The third-order valence-electron chi connectivity index (χ3n) is 2.65. The van der Waals surface area contributed by atoms with Crippen molar-refractivity contribution in [3.63, 3.8) is 0 Å². The van der Waals surface area contributed by atoms with E-state index in [-0.39, 0.29) is 0 Å². The van der Waals surface area contributed by atoms with Crippen LogP contribution in [-0.4, -0.2) is 22.1 Å². The van der Waals surface area contributed by atoms with Crippen LogP contribution < -0.4 is 4.74 Å². The van der Waals surface area contributed by atoms with Crippen molar-refractivity contribution in [1.82, 2.24) is 15.0 Å². The number of H-pyrrole nitrogens is 1. The molecule has 3 rings (SSSR count). The number of nitrogens with one attached hydrogen (secondary N) is 1. The molecule has 2 heterocycles. The number of hydrogen-bond acceptors (Lipinski definition) is 3. The SMILES string of the molecule is COc1ccccc1-c1nc2ccncc2[nH]1. The van der Waals surface area contributed by atoms with Crippen LogP contribution in [0.5, 0.6) is 5.75 Å². The molecule has 0 bridgehead atoms. The summed E-state index contributed by atoms with van der Waals surface area (Å²) in [7, 11) is 1.66. The zero-order valence-electron chi connectivity index (χ0n) is 9.34. The van der Waals surface area contributed by atoms with Gasteiger partial charge in [-0.05, 0) is 18.2 Å². The van der Waals surface area contributed by atoms with Gasteiger partial charge < -0.3 is 9.72 Å². The van der Waals surface area contributed by atoms with Crippen LogP contribution in [0.25, 0.3) is 22.4 Å². The number of aromatic amines is 1. The largest absolute Gasteiger partial charge is 0.496 e. The molecule has 0 spiro atoms. The number of benzene rings is 1. The van der Waals surface area contributed by atoms with Crippen molar-refractivity contribution in [3.05, 3.63) is 42.7 Å². The van der Waals surface area contributed by atoms with E-state index in [1.807, 2.05) is 30.3 Å². The summed E-state index contributed by atoms with van der Waals surface area (Å²) in [4.78, 5) is 11.8. The van der Waals surface area contributed by atoms with Crippen LogP contribution in [0.2, 0.25) is 0 Å². The van der Waals surface area contributed by atoms with Crippen LogP contribution in [0.3, 0.4) is 0 Å². The molecule has 2 aromatic heterocycles. The fourth-order valence-corrected chi connectivity index (χ4v) is 1.82. The normalized spacial score (nSPS) is 10.6. The topological polar surface area (TPSA) is 50.8 Å². The zero-order valence-corrected chi connectivity index (χ0v) is 9.34. The van der Waals surface area contributed by atoms with Crippen LogP contribution >= 0.6 is 0 Å². The van der Waals surface area contributed by atoms with Gasteiger partial charge in [-0.1, -0.05) is 12.1 Å². The summed E-state index contributed by atoms with van der Waals surface area (Å²) in [6.45, 7) is 0. The molecule has 3 aromatic rings. The summed E-state index contributed by atoms with van der Waals surface area (Å²) in [5, 5.41) is 0. The van der Waals surface area contributed by atoms with Gasteiger partial charge in [-0.15, -0.1) is 0 Å². The van der Waals surface area contributed by atoms with Crippen molar-refractivity contribution in [2.24, 2.45) is 0 Å². The number of nitrogens with zero attached hydrogens (tertiary/aromatic N) is 2. The maximum Gasteiger partial charge on any atom is 0.142 e. The van der Waals surface area contributed by atoms with E-state index in [1.54, 1.807) is 19.5 Å². The molecule has 0 aliphatic heterocycles. The molecule has 84 valence electrons. The number of pyridine rings is 1. The molecule has 0 aliphatic carbocycles. The van der Waals surface area contributed by atoms with Gasteiger partial charge in [-0.2, -0.15) is 0 Å². The average Bonchev–Trinajstić information content (AvgIpc) is 2.82. The Kier molecular flexibility index (Phi) is 2.26. The van der Waals surface area contributed by atoms with E-state index in [0.717, 1.165) is 28.2 Å². The van der Waals surface area contributed by atoms with E-state index in [2.05, 4.69) is 15.0 Å². The zero-order chi connectivity index (χ0) is 11.7. The number of fused-ring (bicyclic) bond motifs is 1. The highest BCUT2D eigenvalue weighted by atomic mass is 16.5. The van der Waals surface area contributed by atoms with Crippen LogP contribution in [0.1, 0.15) is 0 Å². The third kappa shape index (κ3) is 1.63. The summed E-state index contributed by atoms with van der Waals surface area (Å²) < 4.78 is 5.32. The first-order valence-corrected chi connectivity index (χ1v) is 5.31. The summed E-state index contributed by atoms with van der Waals surface area (Å²) in [6.07, 6.45) is 3.50. The van der Waals surface area contributed by atoms with Gasteiger partial charge in [0.05, 0.1) is 29.9 Å². The molecule has 0 fully saturated rings. The first-order valence-electron chi connectivity index (χ1n) is 5.31. The molecule has 0 radical (unpaired) electrons. The molecule has 0 unspecified atom stereocenters. The standard InChI is InChI=1S/C13H11N3O/c1-17-12-5-3-2-4-9(12)13-15-10-6-7-14-8-11(10)16-13/h2-8H,1H3,(H,15,16). The van der Waals surface area contributed by atoms with Gasteiger partial charge in [0.1, 0.15) is 11.6 Å². The second kappa shape index (κ2) is 3.90. The van der Waals surface area contributed by atoms with Crippen molar-refractivity contribution >= 4 is 11.0 Å². The summed E-state index contributed by atoms with van der Waals surface area (Å²) >= 11 is 0.